The Morgan fingerprint density at radius 2 is 1.32 bits per heavy atom. The average Bonchev–Trinajstić information content (AvgIpc) is 3.51. The topological polar surface area (TPSA) is 84.0 Å². The van der Waals surface area contributed by atoms with E-state index in [1.165, 1.54) is 30.7 Å². The van der Waals surface area contributed by atoms with E-state index in [0.717, 1.165) is 56.9 Å². The number of halogens is 1. The molecular formula is C33H51ClN2O5S2Si. The standard InChI is InChI=1S/C33H51ClN2O5S2Si/c1-33(2,3)44(4,5)41-24-23-35(25-27-11-7-6-8-12-27)42(37,38)31-19-21-32(22-20-31)43(39,40)36(30-13-9-10-14-30)26-28-15-17-29(34)18-16-28/h15-22,27,30H,6-14,23-26H2,1-5H3. The van der Waals surface area contributed by atoms with Crippen molar-refractivity contribution >= 4 is 40.0 Å². The molecule has 4 rings (SSSR count). The van der Waals surface area contributed by atoms with Crippen LogP contribution in [0, 0.1) is 5.92 Å². The Kier molecular flexibility index (Phi) is 11.8. The second-order valence-corrected chi connectivity index (χ2v) is 23.1. The van der Waals surface area contributed by atoms with Crippen LogP contribution >= 0.6 is 11.6 Å². The zero-order valence-corrected chi connectivity index (χ0v) is 30.5. The van der Waals surface area contributed by atoms with Crippen LogP contribution in [0.3, 0.4) is 0 Å². The lowest BCUT2D eigenvalue weighted by Crippen LogP contribution is -2.44. The molecule has 2 aromatic carbocycles. The molecule has 0 spiro atoms. The fourth-order valence-corrected chi connectivity index (χ4v) is 10.4. The Balaban J connectivity index is 1.57. The molecule has 0 unspecified atom stereocenters. The van der Waals surface area contributed by atoms with Crippen LogP contribution < -0.4 is 0 Å². The van der Waals surface area contributed by atoms with Crippen molar-refractivity contribution in [3.8, 4) is 0 Å². The predicted octanol–water partition coefficient (Wildman–Crippen LogP) is 8.07. The maximum absolute atomic E-state index is 14.0. The Morgan fingerprint density at radius 1 is 0.795 bits per heavy atom. The number of rotatable bonds is 13. The van der Waals surface area contributed by atoms with Crippen LogP contribution in [0.15, 0.2) is 58.3 Å². The van der Waals surface area contributed by atoms with Gasteiger partial charge in [-0.1, -0.05) is 76.6 Å². The SMILES string of the molecule is CC(C)(C)[Si](C)(C)OCCN(CC1CCCCC1)S(=O)(=O)c1ccc(S(=O)(=O)N(Cc2ccc(Cl)cc2)C2CCCC2)cc1. The second kappa shape index (κ2) is 14.7. The van der Waals surface area contributed by atoms with Crippen LogP contribution in [-0.4, -0.2) is 59.5 Å². The summed E-state index contributed by atoms with van der Waals surface area (Å²) in [5, 5.41) is 0.631. The summed E-state index contributed by atoms with van der Waals surface area (Å²) in [5.41, 5.74) is 0.863. The van der Waals surface area contributed by atoms with Gasteiger partial charge in [-0.15, -0.1) is 0 Å². The number of nitrogens with zero attached hydrogens (tertiary/aromatic N) is 2. The van der Waals surface area contributed by atoms with E-state index >= 15 is 0 Å². The molecule has 0 saturated heterocycles. The van der Waals surface area contributed by atoms with Gasteiger partial charge >= 0.3 is 0 Å². The van der Waals surface area contributed by atoms with Crippen molar-refractivity contribution in [3.05, 3.63) is 59.1 Å². The van der Waals surface area contributed by atoms with Gasteiger partial charge in [-0.2, -0.15) is 8.61 Å². The summed E-state index contributed by atoms with van der Waals surface area (Å²) >= 11 is 6.07. The molecule has 2 fully saturated rings. The van der Waals surface area contributed by atoms with Crippen molar-refractivity contribution in [1.29, 1.82) is 0 Å². The molecular weight excluding hydrogens is 632 g/mol. The molecule has 2 aliphatic rings. The molecule has 246 valence electrons. The number of benzene rings is 2. The van der Waals surface area contributed by atoms with E-state index in [1.807, 2.05) is 12.1 Å². The first-order valence-corrected chi connectivity index (χ1v) is 22.3. The zero-order chi connectivity index (χ0) is 32.2. The minimum Gasteiger partial charge on any atom is -0.415 e. The third-order valence-corrected chi connectivity index (χ3v) is 18.4. The highest BCUT2D eigenvalue weighted by molar-refractivity contribution is 7.89. The summed E-state index contributed by atoms with van der Waals surface area (Å²) in [5.74, 6) is 0.318. The van der Waals surface area contributed by atoms with Crippen molar-refractivity contribution in [2.45, 2.75) is 119 Å². The van der Waals surface area contributed by atoms with Gasteiger partial charge in [0, 0.05) is 37.3 Å². The molecule has 0 aromatic heterocycles. The van der Waals surface area contributed by atoms with E-state index in [0.29, 0.717) is 24.1 Å². The fourth-order valence-electron chi connectivity index (χ4n) is 6.03. The van der Waals surface area contributed by atoms with Crippen LogP contribution in [0.25, 0.3) is 0 Å². The first-order chi connectivity index (χ1) is 20.6. The Hall–Kier alpha value is -1.27. The highest BCUT2D eigenvalue weighted by Gasteiger charge is 2.38. The molecule has 0 radical (unpaired) electrons. The molecule has 0 N–H and O–H groups in total. The van der Waals surface area contributed by atoms with Gasteiger partial charge in [0.15, 0.2) is 8.32 Å². The molecule has 0 amide bonds. The third-order valence-electron chi connectivity index (χ3n) is 9.85. The summed E-state index contributed by atoms with van der Waals surface area (Å²) in [6.07, 6.45) is 9.10. The normalized spacial score (nSPS) is 18.0. The Bertz CT molecular complexity index is 1430. The predicted molar refractivity (Wildman–Crippen MR) is 181 cm³/mol. The summed E-state index contributed by atoms with van der Waals surface area (Å²) in [6.45, 7) is 12.2. The van der Waals surface area contributed by atoms with Gasteiger partial charge in [0.25, 0.3) is 0 Å². The monoisotopic (exact) mass is 682 g/mol. The van der Waals surface area contributed by atoms with Crippen molar-refractivity contribution in [2.75, 3.05) is 19.7 Å². The van der Waals surface area contributed by atoms with E-state index < -0.39 is 28.4 Å². The smallest absolute Gasteiger partial charge is 0.243 e. The first-order valence-electron chi connectivity index (χ1n) is 16.1. The van der Waals surface area contributed by atoms with Crippen molar-refractivity contribution in [1.82, 2.24) is 8.61 Å². The fraction of sp³-hybridized carbons (Fsp3) is 0.636. The number of sulfonamides is 2. The molecule has 11 heteroatoms. The van der Waals surface area contributed by atoms with Crippen LogP contribution in [0.5, 0.6) is 0 Å². The molecule has 0 aliphatic heterocycles. The van der Waals surface area contributed by atoms with E-state index in [1.54, 1.807) is 20.7 Å². The highest BCUT2D eigenvalue weighted by Crippen LogP contribution is 2.37. The summed E-state index contributed by atoms with van der Waals surface area (Å²) in [7, 11) is -9.77. The van der Waals surface area contributed by atoms with Crippen LogP contribution in [0.1, 0.15) is 84.1 Å². The maximum Gasteiger partial charge on any atom is 0.243 e. The summed E-state index contributed by atoms with van der Waals surface area (Å²) < 4.78 is 65.6. The second-order valence-electron chi connectivity index (χ2n) is 14.1. The first kappa shape index (κ1) is 35.6. The van der Waals surface area contributed by atoms with Crippen LogP contribution in [0.4, 0.5) is 0 Å². The van der Waals surface area contributed by atoms with Crippen LogP contribution in [-0.2, 0) is 31.0 Å². The Labute approximate surface area is 272 Å². The summed E-state index contributed by atoms with van der Waals surface area (Å²) in [6, 6.07) is 13.0. The molecule has 0 heterocycles. The molecule has 2 aromatic rings. The zero-order valence-electron chi connectivity index (χ0n) is 27.1. The average molecular weight is 683 g/mol. The minimum atomic E-state index is -3.87. The lowest BCUT2D eigenvalue weighted by molar-refractivity contribution is 0.224. The summed E-state index contributed by atoms with van der Waals surface area (Å²) in [4.78, 5) is 0.224. The van der Waals surface area contributed by atoms with E-state index in [2.05, 4.69) is 33.9 Å². The Morgan fingerprint density at radius 3 is 1.86 bits per heavy atom. The van der Waals surface area contributed by atoms with E-state index in [-0.39, 0.29) is 34.0 Å². The molecule has 44 heavy (non-hydrogen) atoms. The third kappa shape index (κ3) is 8.75. The van der Waals surface area contributed by atoms with Crippen LogP contribution in [0.2, 0.25) is 23.2 Å². The molecule has 2 aliphatic carbocycles. The molecule has 2 saturated carbocycles. The molecule has 7 nitrogen and oxygen atoms in total. The van der Waals surface area contributed by atoms with Gasteiger partial charge in [0.1, 0.15) is 0 Å². The van der Waals surface area contributed by atoms with Gasteiger partial charge in [0.05, 0.1) is 9.79 Å². The number of hydrogen-bond donors (Lipinski definition) is 0. The lowest BCUT2D eigenvalue weighted by Gasteiger charge is -2.37. The van der Waals surface area contributed by atoms with Gasteiger partial charge in [-0.05, 0) is 91.7 Å². The number of hydrogen-bond acceptors (Lipinski definition) is 5. The minimum absolute atomic E-state index is 0.0291. The quantitative estimate of drug-likeness (QED) is 0.200. The van der Waals surface area contributed by atoms with E-state index in [4.69, 9.17) is 16.0 Å². The highest BCUT2D eigenvalue weighted by atomic mass is 35.5. The van der Waals surface area contributed by atoms with Gasteiger partial charge in [-0.3, -0.25) is 0 Å². The lowest BCUT2D eigenvalue weighted by atomic mass is 9.89. The van der Waals surface area contributed by atoms with Crippen molar-refractivity contribution in [3.63, 3.8) is 0 Å². The van der Waals surface area contributed by atoms with Gasteiger partial charge in [-0.25, -0.2) is 16.8 Å². The van der Waals surface area contributed by atoms with Gasteiger partial charge in [0.2, 0.25) is 20.0 Å². The molecule has 0 bridgehead atoms. The van der Waals surface area contributed by atoms with Gasteiger partial charge < -0.3 is 4.43 Å². The maximum atomic E-state index is 14.0. The van der Waals surface area contributed by atoms with E-state index in [9.17, 15) is 16.8 Å². The van der Waals surface area contributed by atoms with Crippen molar-refractivity contribution < 1.29 is 21.3 Å². The molecule has 0 atom stereocenters. The van der Waals surface area contributed by atoms with Crippen molar-refractivity contribution in [2.24, 2.45) is 5.92 Å². The largest absolute Gasteiger partial charge is 0.415 e.